The third kappa shape index (κ3) is 3.32. The highest BCUT2D eigenvalue weighted by atomic mass is 16.6. The van der Waals surface area contributed by atoms with Gasteiger partial charge in [0, 0.05) is 23.6 Å². The van der Waals surface area contributed by atoms with Crippen molar-refractivity contribution in [3.8, 4) is 11.5 Å². The molecule has 0 spiro atoms. The smallest absolute Gasteiger partial charge is 0.380 e. The number of para-hydroxylation sites is 1. The lowest BCUT2D eigenvalue weighted by Crippen LogP contribution is -2.11. The van der Waals surface area contributed by atoms with Gasteiger partial charge in [-0.15, -0.1) is 0 Å². The molecule has 0 aliphatic carbocycles. The molecule has 0 aliphatic heterocycles. The first-order chi connectivity index (χ1) is 12.5. The van der Waals surface area contributed by atoms with Gasteiger partial charge in [-0.05, 0) is 31.2 Å². The molecule has 0 bridgehead atoms. The quantitative estimate of drug-likeness (QED) is 0.378. The largest absolute Gasteiger partial charge is 0.493 e. The van der Waals surface area contributed by atoms with E-state index < -0.39 is 5.97 Å². The minimum absolute atomic E-state index is 0.0748. The van der Waals surface area contributed by atoms with Gasteiger partial charge >= 0.3 is 5.97 Å². The molecule has 134 valence electrons. The average Bonchev–Trinajstić information content (AvgIpc) is 3.01. The highest BCUT2D eigenvalue weighted by molar-refractivity contribution is 5.98. The van der Waals surface area contributed by atoms with Crippen molar-refractivity contribution in [1.29, 1.82) is 0 Å². The molecular weight excluding hydrogens is 336 g/mol. The van der Waals surface area contributed by atoms with Crippen molar-refractivity contribution in [2.45, 2.75) is 13.5 Å². The Labute approximate surface area is 150 Å². The molecule has 0 aliphatic rings. The number of benzene rings is 2. The second kappa shape index (κ2) is 7.41. The van der Waals surface area contributed by atoms with Crippen molar-refractivity contribution < 1.29 is 28.2 Å². The maximum atomic E-state index is 12.7. The second-order valence-corrected chi connectivity index (χ2v) is 5.65. The maximum Gasteiger partial charge on any atom is 0.380 e. The molecule has 2 aromatic carbocycles. The first-order valence-corrected chi connectivity index (χ1v) is 7.95. The molecule has 0 saturated heterocycles. The number of carbonyl (C=O) groups excluding carboxylic acids is 2. The Hall–Kier alpha value is -3.12. The van der Waals surface area contributed by atoms with Crippen molar-refractivity contribution in [1.82, 2.24) is 0 Å². The van der Waals surface area contributed by atoms with Gasteiger partial charge in [-0.25, -0.2) is 4.79 Å². The van der Waals surface area contributed by atoms with Gasteiger partial charge in [-0.1, -0.05) is 18.2 Å². The van der Waals surface area contributed by atoms with Gasteiger partial charge in [-0.3, -0.25) is 4.79 Å². The lowest BCUT2D eigenvalue weighted by atomic mass is 10.1. The lowest BCUT2D eigenvalue weighted by molar-refractivity contribution is 0.0692. The molecule has 26 heavy (non-hydrogen) atoms. The monoisotopic (exact) mass is 354 g/mol. The molecule has 0 amide bonds. The van der Waals surface area contributed by atoms with Crippen LogP contribution in [0.15, 0.2) is 46.9 Å². The molecule has 6 nitrogen and oxygen atoms in total. The van der Waals surface area contributed by atoms with Crippen molar-refractivity contribution in [3.63, 3.8) is 0 Å². The Morgan fingerprint density at radius 1 is 1.04 bits per heavy atom. The summed E-state index contributed by atoms with van der Waals surface area (Å²) in [6.45, 7) is 1.66. The first-order valence-electron chi connectivity index (χ1n) is 7.95. The summed E-state index contributed by atoms with van der Waals surface area (Å²) in [5.41, 5.74) is 1.66. The number of fused-ring (bicyclic) bond motifs is 1. The molecule has 3 aromatic rings. The number of ether oxygens (including phenoxy) is 3. The highest BCUT2D eigenvalue weighted by Gasteiger charge is 2.23. The van der Waals surface area contributed by atoms with E-state index in [1.165, 1.54) is 26.2 Å². The molecule has 0 saturated carbocycles. The summed E-state index contributed by atoms with van der Waals surface area (Å²) in [5, 5.41) is 0.792. The van der Waals surface area contributed by atoms with Crippen LogP contribution in [0.4, 0.5) is 0 Å². The van der Waals surface area contributed by atoms with Crippen molar-refractivity contribution >= 4 is 22.7 Å². The molecule has 1 heterocycles. The van der Waals surface area contributed by atoms with E-state index in [0.29, 0.717) is 16.7 Å². The summed E-state index contributed by atoms with van der Waals surface area (Å²) in [7, 11) is 2.98. The van der Waals surface area contributed by atoms with Gasteiger partial charge in [0.25, 0.3) is 0 Å². The predicted molar refractivity (Wildman–Crippen MR) is 94.9 cm³/mol. The van der Waals surface area contributed by atoms with Gasteiger partial charge in [-0.2, -0.15) is 0 Å². The van der Waals surface area contributed by atoms with Crippen LogP contribution in [0.3, 0.4) is 0 Å². The fourth-order valence-corrected chi connectivity index (χ4v) is 2.67. The topological polar surface area (TPSA) is 75.0 Å². The van der Waals surface area contributed by atoms with Gasteiger partial charge in [0.15, 0.2) is 17.3 Å². The lowest BCUT2D eigenvalue weighted by Gasteiger charge is -2.10. The first kappa shape index (κ1) is 17.7. The number of ketones is 1. The molecule has 1 aromatic heterocycles. The minimum atomic E-state index is -0.665. The van der Waals surface area contributed by atoms with E-state index in [9.17, 15) is 9.59 Å². The second-order valence-electron chi connectivity index (χ2n) is 5.65. The van der Waals surface area contributed by atoms with Gasteiger partial charge < -0.3 is 18.6 Å². The fraction of sp³-hybridized carbons (Fsp3) is 0.200. The molecule has 3 rings (SSSR count). The summed E-state index contributed by atoms with van der Waals surface area (Å²) in [6, 6.07) is 11.9. The molecule has 0 atom stereocenters. The van der Waals surface area contributed by atoms with E-state index in [1.807, 2.05) is 18.2 Å². The zero-order valence-corrected chi connectivity index (χ0v) is 14.7. The summed E-state index contributed by atoms with van der Waals surface area (Å²) in [6.07, 6.45) is 0. The molecule has 0 radical (unpaired) electrons. The molecule has 0 N–H and O–H groups in total. The zero-order valence-electron chi connectivity index (χ0n) is 14.7. The number of hydrogen-bond acceptors (Lipinski definition) is 6. The SMILES string of the molecule is COCc1c(C(=O)Oc2ccc(C(C)=O)cc2OC)oc2ccccc12. The standard InChI is InChI=1S/C20H18O6/c1-12(21)13-8-9-17(18(10-13)24-3)26-20(22)19-15(11-23-2)14-6-4-5-7-16(14)25-19/h4-10H,11H2,1-3H3. The van der Waals surface area contributed by atoms with Crippen LogP contribution in [0.2, 0.25) is 0 Å². The van der Waals surface area contributed by atoms with E-state index >= 15 is 0 Å². The van der Waals surface area contributed by atoms with Crippen LogP contribution >= 0.6 is 0 Å². The minimum Gasteiger partial charge on any atom is -0.493 e. The predicted octanol–water partition coefficient (Wildman–Crippen LogP) is 4.01. The molecule has 0 fully saturated rings. The Kier molecular flexibility index (Phi) is 5.04. The van der Waals surface area contributed by atoms with Crippen LogP contribution in [-0.2, 0) is 11.3 Å². The van der Waals surface area contributed by atoms with E-state index in [1.54, 1.807) is 19.2 Å². The summed E-state index contributed by atoms with van der Waals surface area (Å²) < 4.78 is 21.5. The third-order valence-corrected chi connectivity index (χ3v) is 3.95. The van der Waals surface area contributed by atoms with Crippen LogP contribution in [0.1, 0.15) is 33.4 Å². The Balaban J connectivity index is 1.97. The number of furan rings is 1. The number of hydrogen-bond donors (Lipinski definition) is 0. The Morgan fingerprint density at radius 3 is 2.50 bits per heavy atom. The van der Waals surface area contributed by atoms with Gasteiger partial charge in [0.2, 0.25) is 5.76 Å². The Bertz CT molecular complexity index is 970. The van der Waals surface area contributed by atoms with Gasteiger partial charge in [0.05, 0.1) is 13.7 Å². The van der Waals surface area contributed by atoms with Crippen LogP contribution < -0.4 is 9.47 Å². The molecule has 0 unspecified atom stereocenters. The summed E-state index contributed by atoms with van der Waals surface area (Å²) >= 11 is 0. The molecular formula is C20H18O6. The highest BCUT2D eigenvalue weighted by Crippen LogP contribution is 2.31. The van der Waals surface area contributed by atoms with Crippen LogP contribution in [-0.4, -0.2) is 26.0 Å². The number of Topliss-reactive ketones (excluding diaryl/α,β-unsaturated/α-hetero) is 1. The van der Waals surface area contributed by atoms with Gasteiger partial charge in [0.1, 0.15) is 5.58 Å². The number of rotatable bonds is 6. The van der Waals surface area contributed by atoms with E-state index in [0.717, 1.165) is 5.39 Å². The van der Waals surface area contributed by atoms with Crippen LogP contribution in [0, 0.1) is 0 Å². The number of methoxy groups -OCH3 is 2. The molecule has 6 heteroatoms. The normalized spacial score (nSPS) is 10.7. The zero-order chi connectivity index (χ0) is 18.7. The summed E-state index contributed by atoms with van der Waals surface area (Å²) in [5.74, 6) is -0.213. The summed E-state index contributed by atoms with van der Waals surface area (Å²) in [4.78, 5) is 24.2. The van der Waals surface area contributed by atoms with Crippen LogP contribution in [0.25, 0.3) is 11.0 Å². The van der Waals surface area contributed by atoms with E-state index in [4.69, 9.17) is 18.6 Å². The van der Waals surface area contributed by atoms with Crippen molar-refractivity contribution in [2.24, 2.45) is 0 Å². The number of carbonyl (C=O) groups is 2. The Morgan fingerprint density at radius 2 is 1.81 bits per heavy atom. The van der Waals surface area contributed by atoms with E-state index in [-0.39, 0.29) is 29.6 Å². The number of esters is 1. The third-order valence-electron chi connectivity index (χ3n) is 3.95. The average molecular weight is 354 g/mol. The van der Waals surface area contributed by atoms with Crippen molar-refractivity contribution in [2.75, 3.05) is 14.2 Å². The fourth-order valence-electron chi connectivity index (χ4n) is 2.67. The maximum absolute atomic E-state index is 12.7. The van der Waals surface area contributed by atoms with Crippen molar-refractivity contribution in [3.05, 3.63) is 59.4 Å². The van der Waals surface area contributed by atoms with E-state index in [2.05, 4.69) is 0 Å². The van der Waals surface area contributed by atoms with Crippen LogP contribution in [0.5, 0.6) is 11.5 Å².